The number of nitrogens with zero attached hydrogens (tertiary/aromatic N) is 1. The second-order valence-corrected chi connectivity index (χ2v) is 9.12. The van der Waals surface area contributed by atoms with Gasteiger partial charge in [0.05, 0.1) is 16.5 Å². The van der Waals surface area contributed by atoms with Gasteiger partial charge < -0.3 is 9.64 Å². The van der Waals surface area contributed by atoms with Gasteiger partial charge in [-0.05, 0) is 50.7 Å². The number of carbonyl (C=O) groups excluding carboxylic acids is 1. The molecule has 1 saturated heterocycles. The number of rotatable bonds is 7. The summed E-state index contributed by atoms with van der Waals surface area (Å²) in [5.41, 5.74) is 0. The van der Waals surface area contributed by atoms with Crippen LogP contribution >= 0.6 is 11.6 Å². The number of halogens is 1. The first-order valence-corrected chi connectivity index (χ1v) is 11.0. The lowest BCUT2D eigenvalue weighted by Crippen LogP contribution is -2.44. The zero-order valence-electron chi connectivity index (χ0n) is 14.9. The minimum atomic E-state index is -3.65. The molecular formula is C18H25ClN2O4S. The van der Waals surface area contributed by atoms with Crippen LogP contribution in [0.4, 0.5) is 0 Å². The van der Waals surface area contributed by atoms with E-state index in [1.165, 1.54) is 18.2 Å². The minimum absolute atomic E-state index is 0.132. The van der Waals surface area contributed by atoms with Crippen LogP contribution in [0.1, 0.15) is 32.6 Å². The standard InChI is InChI=1S/C18H25ClN2O4S/c1-2-25-17-10-15(7-8-16(17)19)26(23,24)20-11-13-4-3-9-21(12-13)18(22)14-5-6-14/h7-8,10,13-14,20H,2-6,9,11-12H2,1H3. The summed E-state index contributed by atoms with van der Waals surface area (Å²) in [5.74, 6) is 0.934. The fourth-order valence-electron chi connectivity index (χ4n) is 3.25. The number of piperidine rings is 1. The average molecular weight is 401 g/mol. The predicted molar refractivity (Wildman–Crippen MR) is 99.8 cm³/mol. The van der Waals surface area contributed by atoms with Crippen LogP contribution in [0.3, 0.4) is 0 Å². The summed E-state index contributed by atoms with van der Waals surface area (Å²) in [6.45, 7) is 3.95. The fourth-order valence-corrected chi connectivity index (χ4v) is 4.55. The van der Waals surface area contributed by atoms with Crippen molar-refractivity contribution in [2.45, 2.75) is 37.5 Å². The molecule has 144 valence electrons. The highest BCUT2D eigenvalue weighted by atomic mass is 35.5. The molecule has 8 heteroatoms. The van der Waals surface area contributed by atoms with Gasteiger partial charge in [-0.2, -0.15) is 0 Å². The van der Waals surface area contributed by atoms with Crippen LogP contribution in [0.5, 0.6) is 5.75 Å². The van der Waals surface area contributed by atoms with Crippen molar-refractivity contribution >= 4 is 27.5 Å². The molecule has 2 fully saturated rings. The third kappa shape index (κ3) is 4.69. The van der Waals surface area contributed by atoms with E-state index in [1.807, 2.05) is 11.8 Å². The Bertz CT molecular complexity index is 764. The van der Waals surface area contributed by atoms with Gasteiger partial charge in [0.1, 0.15) is 5.75 Å². The molecule has 0 bridgehead atoms. The van der Waals surface area contributed by atoms with E-state index in [0.29, 0.717) is 30.5 Å². The highest BCUT2D eigenvalue weighted by molar-refractivity contribution is 7.89. The Hall–Kier alpha value is -1.31. The number of benzene rings is 1. The van der Waals surface area contributed by atoms with E-state index in [1.54, 1.807) is 0 Å². The largest absolute Gasteiger partial charge is 0.492 e. The van der Waals surface area contributed by atoms with Crippen molar-refractivity contribution in [2.24, 2.45) is 11.8 Å². The second-order valence-electron chi connectivity index (χ2n) is 6.94. The number of amides is 1. The van der Waals surface area contributed by atoms with Gasteiger partial charge in [0, 0.05) is 31.6 Å². The van der Waals surface area contributed by atoms with Crippen molar-refractivity contribution in [3.05, 3.63) is 23.2 Å². The highest BCUT2D eigenvalue weighted by Crippen LogP contribution is 2.32. The summed E-state index contributed by atoms with van der Waals surface area (Å²) in [6, 6.07) is 4.44. The number of hydrogen-bond donors (Lipinski definition) is 1. The smallest absolute Gasteiger partial charge is 0.240 e. The molecule has 1 N–H and O–H groups in total. The van der Waals surface area contributed by atoms with E-state index >= 15 is 0 Å². The molecule has 1 amide bonds. The lowest BCUT2D eigenvalue weighted by atomic mass is 9.98. The SMILES string of the molecule is CCOc1cc(S(=O)(=O)NCC2CCCN(C(=O)C3CC3)C2)ccc1Cl. The van der Waals surface area contributed by atoms with Gasteiger partial charge >= 0.3 is 0 Å². The maximum absolute atomic E-state index is 12.6. The lowest BCUT2D eigenvalue weighted by molar-refractivity contribution is -0.134. The molecule has 1 aliphatic heterocycles. The van der Waals surface area contributed by atoms with Gasteiger partial charge in [-0.25, -0.2) is 13.1 Å². The number of carbonyl (C=O) groups is 1. The first kappa shape index (κ1) is 19.5. The van der Waals surface area contributed by atoms with Crippen LogP contribution in [-0.2, 0) is 14.8 Å². The number of nitrogens with one attached hydrogen (secondary N) is 1. The van der Waals surface area contributed by atoms with E-state index < -0.39 is 10.0 Å². The van der Waals surface area contributed by atoms with Crippen molar-refractivity contribution in [1.82, 2.24) is 9.62 Å². The van der Waals surface area contributed by atoms with Gasteiger partial charge in [-0.1, -0.05) is 11.6 Å². The molecule has 1 aromatic rings. The summed E-state index contributed by atoms with van der Waals surface area (Å²) < 4.78 is 33.2. The zero-order valence-corrected chi connectivity index (χ0v) is 16.5. The van der Waals surface area contributed by atoms with Crippen molar-refractivity contribution in [2.75, 3.05) is 26.2 Å². The van der Waals surface area contributed by atoms with E-state index in [-0.39, 0.29) is 22.6 Å². The van der Waals surface area contributed by atoms with Crippen LogP contribution < -0.4 is 9.46 Å². The molecule has 1 aliphatic carbocycles. The first-order valence-electron chi connectivity index (χ1n) is 9.11. The van der Waals surface area contributed by atoms with Gasteiger partial charge in [0.2, 0.25) is 15.9 Å². The molecule has 1 saturated carbocycles. The lowest BCUT2D eigenvalue weighted by Gasteiger charge is -2.33. The number of hydrogen-bond acceptors (Lipinski definition) is 4. The van der Waals surface area contributed by atoms with E-state index in [2.05, 4.69) is 4.72 Å². The Morgan fingerprint density at radius 2 is 2.12 bits per heavy atom. The molecule has 3 rings (SSSR count). The Morgan fingerprint density at radius 3 is 2.81 bits per heavy atom. The molecule has 1 unspecified atom stereocenters. The quantitative estimate of drug-likeness (QED) is 0.763. The summed E-state index contributed by atoms with van der Waals surface area (Å²) >= 11 is 6.02. The molecule has 0 radical (unpaired) electrons. The molecule has 0 spiro atoms. The van der Waals surface area contributed by atoms with Gasteiger partial charge in [-0.15, -0.1) is 0 Å². The summed E-state index contributed by atoms with van der Waals surface area (Å²) in [4.78, 5) is 14.3. The predicted octanol–water partition coefficient (Wildman–Crippen LogP) is 2.67. The molecule has 1 atom stereocenters. The van der Waals surface area contributed by atoms with Crippen LogP contribution in [0.15, 0.2) is 23.1 Å². The zero-order chi connectivity index (χ0) is 18.7. The molecule has 26 heavy (non-hydrogen) atoms. The summed E-state index contributed by atoms with van der Waals surface area (Å²) in [5, 5.41) is 0.382. The van der Waals surface area contributed by atoms with Crippen LogP contribution in [0.2, 0.25) is 5.02 Å². The highest BCUT2D eigenvalue weighted by Gasteiger charge is 2.35. The Kier molecular flexibility index (Phi) is 6.10. The molecule has 0 aromatic heterocycles. The van der Waals surface area contributed by atoms with Gasteiger partial charge in [0.15, 0.2) is 0 Å². The number of ether oxygens (including phenoxy) is 1. The van der Waals surface area contributed by atoms with Crippen LogP contribution in [0.25, 0.3) is 0 Å². The monoisotopic (exact) mass is 400 g/mol. The fraction of sp³-hybridized carbons (Fsp3) is 0.611. The molecule has 2 aliphatic rings. The third-order valence-electron chi connectivity index (χ3n) is 4.83. The second kappa shape index (κ2) is 8.15. The van der Waals surface area contributed by atoms with E-state index in [9.17, 15) is 13.2 Å². The first-order chi connectivity index (χ1) is 12.4. The maximum atomic E-state index is 12.6. The summed E-state index contributed by atoms with van der Waals surface area (Å²) in [6.07, 6.45) is 3.82. The van der Waals surface area contributed by atoms with Crippen molar-refractivity contribution in [3.63, 3.8) is 0 Å². The van der Waals surface area contributed by atoms with Crippen LogP contribution in [-0.4, -0.2) is 45.5 Å². The average Bonchev–Trinajstić information content (AvgIpc) is 3.47. The van der Waals surface area contributed by atoms with E-state index in [4.69, 9.17) is 16.3 Å². The normalized spacial score (nSPS) is 20.8. The molecule has 1 heterocycles. The maximum Gasteiger partial charge on any atom is 0.240 e. The van der Waals surface area contributed by atoms with Crippen molar-refractivity contribution in [1.29, 1.82) is 0 Å². The van der Waals surface area contributed by atoms with Crippen molar-refractivity contribution < 1.29 is 17.9 Å². The Balaban J connectivity index is 1.61. The minimum Gasteiger partial charge on any atom is -0.492 e. The Labute approximate surface area is 159 Å². The Morgan fingerprint density at radius 1 is 1.35 bits per heavy atom. The van der Waals surface area contributed by atoms with Crippen molar-refractivity contribution in [3.8, 4) is 5.75 Å². The van der Waals surface area contributed by atoms with Gasteiger partial charge in [0.25, 0.3) is 0 Å². The third-order valence-corrected chi connectivity index (χ3v) is 6.57. The summed E-state index contributed by atoms with van der Waals surface area (Å²) in [7, 11) is -3.65. The molecular weight excluding hydrogens is 376 g/mol. The molecule has 6 nitrogen and oxygen atoms in total. The van der Waals surface area contributed by atoms with E-state index in [0.717, 1.165) is 32.2 Å². The van der Waals surface area contributed by atoms with Gasteiger partial charge in [-0.3, -0.25) is 4.79 Å². The molecule has 1 aromatic carbocycles. The number of sulfonamides is 1. The van der Waals surface area contributed by atoms with Crippen LogP contribution in [0, 0.1) is 11.8 Å². The number of likely N-dealkylation sites (tertiary alicyclic amines) is 1. The topological polar surface area (TPSA) is 75.7 Å².